The quantitative estimate of drug-likeness (QED) is 0.561. The van der Waals surface area contributed by atoms with Crippen molar-refractivity contribution < 1.29 is 19.3 Å². The molecule has 0 radical (unpaired) electrons. The maximum absolute atomic E-state index is 12.5. The van der Waals surface area contributed by atoms with E-state index in [0.717, 1.165) is 0 Å². The molecule has 5 N–H and O–H groups in total. The molecule has 1 fully saturated rings. The highest BCUT2D eigenvalue weighted by Crippen LogP contribution is 2.24. The lowest BCUT2D eigenvalue weighted by Gasteiger charge is -2.18. The minimum atomic E-state index is -1.27. The number of rotatable bonds is 3. The predicted octanol–water partition coefficient (Wildman–Crippen LogP) is -0.805. The van der Waals surface area contributed by atoms with Crippen LogP contribution in [-0.4, -0.2) is 51.4 Å². The van der Waals surface area contributed by atoms with E-state index in [1.54, 1.807) is 6.92 Å². The van der Waals surface area contributed by atoms with Gasteiger partial charge >= 0.3 is 0 Å². The van der Waals surface area contributed by atoms with Crippen molar-refractivity contribution in [2.24, 2.45) is 0 Å². The standard InChI is InChI=1S/C10H15FN4O3/c1-4-8(12)13-3-14-9(4)15-10-7(17)6(16)5(2-11)18-10/h3,5-7,10,16-17H,2H2,1H3,(H3,12,13,14,15)/t5-,6-,7-,10-/m1/s1. The summed E-state index contributed by atoms with van der Waals surface area (Å²) in [6.07, 6.45) is -3.23. The fourth-order valence-electron chi connectivity index (χ4n) is 1.74. The van der Waals surface area contributed by atoms with Crippen LogP contribution in [-0.2, 0) is 4.74 Å². The van der Waals surface area contributed by atoms with E-state index in [-0.39, 0.29) is 0 Å². The summed E-state index contributed by atoms with van der Waals surface area (Å²) in [5.74, 6) is 0.667. The Kier molecular flexibility index (Phi) is 3.60. The number of nitrogens with one attached hydrogen (secondary N) is 1. The Morgan fingerprint density at radius 2 is 2.17 bits per heavy atom. The summed E-state index contributed by atoms with van der Waals surface area (Å²) in [5, 5.41) is 22.0. The molecule has 100 valence electrons. The summed E-state index contributed by atoms with van der Waals surface area (Å²) in [7, 11) is 0. The van der Waals surface area contributed by atoms with Gasteiger partial charge in [0, 0.05) is 5.56 Å². The monoisotopic (exact) mass is 258 g/mol. The van der Waals surface area contributed by atoms with Crippen LogP contribution in [0.2, 0.25) is 0 Å². The molecule has 0 saturated carbocycles. The fraction of sp³-hybridized carbons (Fsp3) is 0.600. The molecule has 1 aliphatic rings. The van der Waals surface area contributed by atoms with Gasteiger partial charge in [0.2, 0.25) is 0 Å². The van der Waals surface area contributed by atoms with Gasteiger partial charge in [0.25, 0.3) is 0 Å². The van der Waals surface area contributed by atoms with Crippen molar-refractivity contribution in [3.63, 3.8) is 0 Å². The Morgan fingerprint density at radius 1 is 1.44 bits per heavy atom. The van der Waals surface area contributed by atoms with Gasteiger partial charge in [-0.15, -0.1) is 0 Å². The van der Waals surface area contributed by atoms with Gasteiger partial charge in [-0.25, -0.2) is 14.4 Å². The highest BCUT2D eigenvalue weighted by atomic mass is 19.1. The van der Waals surface area contributed by atoms with E-state index in [2.05, 4.69) is 15.3 Å². The molecule has 0 bridgehead atoms. The molecule has 0 unspecified atom stereocenters. The predicted molar refractivity (Wildman–Crippen MR) is 61.5 cm³/mol. The number of aliphatic hydroxyl groups is 2. The Labute approximate surface area is 103 Å². The molecule has 1 aromatic rings. The van der Waals surface area contributed by atoms with Crippen LogP contribution in [0.5, 0.6) is 0 Å². The van der Waals surface area contributed by atoms with Crippen LogP contribution in [0.25, 0.3) is 0 Å². The number of hydrogen-bond acceptors (Lipinski definition) is 7. The van der Waals surface area contributed by atoms with Crippen LogP contribution in [0, 0.1) is 6.92 Å². The van der Waals surface area contributed by atoms with E-state index < -0.39 is 31.2 Å². The molecular weight excluding hydrogens is 243 g/mol. The number of ether oxygens (including phenoxy) is 1. The van der Waals surface area contributed by atoms with Crippen molar-refractivity contribution >= 4 is 11.6 Å². The summed E-state index contributed by atoms with van der Waals surface area (Å²) in [6.45, 7) is 0.823. The largest absolute Gasteiger partial charge is 0.387 e. The van der Waals surface area contributed by atoms with Crippen molar-refractivity contribution in [3.05, 3.63) is 11.9 Å². The van der Waals surface area contributed by atoms with Crippen LogP contribution in [0.4, 0.5) is 16.0 Å². The number of nitrogens with zero attached hydrogens (tertiary/aromatic N) is 2. The SMILES string of the molecule is Cc1c(N)ncnc1N[C@@H]1O[C@H](CF)[C@@H](O)[C@H]1O. The third-order valence-corrected chi connectivity index (χ3v) is 2.92. The number of anilines is 2. The van der Waals surface area contributed by atoms with Gasteiger partial charge in [-0.3, -0.25) is 0 Å². The first-order valence-electron chi connectivity index (χ1n) is 5.45. The Hall–Kier alpha value is -1.51. The summed E-state index contributed by atoms with van der Waals surface area (Å²) in [4.78, 5) is 7.74. The molecule has 7 nitrogen and oxygen atoms in total. The molecule has 0 amide bonds. The number of nitrogen functional groups attached to an aromatic ring is 1. The minimum Gasteiger partial charge on any atom is -0.387 e. The zero-order valence-electron chi connectivity index (χ0n) is 9.75. The van der Waals surface area contributed by atoms with Gasteiger partial charge in [-0.1, -0.05) is 0 Å². The van der Waals surface area contributed by atoms with Gasteiger partial charge in [0.15, 0.2) is 6.23 Å². The van der Waals surface area contributed by atoms with Crippen LogP contribution in [0.1, 0.15) is 5.56 Å². The van der Waals surface area contributed by atoms with E-state index in [0.29, 0.717) is 17.2 Å². The summed E-state index contributed by atoms with van der Waals surface area (Å²) >= 11 is 0. The molecule has 8 heteroatoms. The van der Waals surface area contributed by atoms with Crippen LogP contribution >= 0.6 is 0 Å². The molecule has 4 atom stereocenters. The normalized spacial score (nSPS) is 31.6. The molecule has 1 aliphatic heterocycles. The lowest BCUT2D eigenvalue weighted by Crippen LogP contribution is -2.36. The minimum absolute atomic E-state index is 0.294. The molecule has 0 spiro atoms. The van der Waals surface area contributed by atoms with Crippen molar-refractivity contribution in [2.75, 3.05) is 17.7 Å². The average Bonchev–Trinajstić information content (AvgIpc) is 2.63. The second-order valence-corrected chi connectivity index (χ2v) is 4.11. The lowest BCUT2D eigenvalue weighted by atomic mass is 10.1. The highest BCUT2D eigenvalue weighted by molar-refractivity contribution is 5.54. The third-order valence-electron chi connectivity index (χ3n) is 2.92. The highest BCUT2D eigenvalue weighted by Gasteiger charge is 2.43. The number of nitrogens with two attached hydrogens (primary N) is 1. The van der Waals surface area contributed by atoms with Crippen molar-refractivity contribution in [1.29, 1.82) is 0 Å². The maximum Gasteiger partial charge on any atom is 0.158 e. The molecule has 0 aromatic carbocycles. The van der Waals surface area contributed by atoms with Crippen LogP contribution in [0.3, 0.4) is 0 Å². The second-order valence-electron chi connectivity index (χ2n) is 4.11. The Morgan fingerprint density at radius 3 is 2.78 bits per heavy atom. The second kappa shape index (κ2) is 5.01. The number of hydrogen-bond donors (Lipinski definition) is 4. The number of alkyl halides is 1. The fourth-order valence-corrected chi connectivity index (χ4v) is 1.74. The first-order valence-corrected chi connectivity index (χ1v) is 5.45. The molecule has 2 heterocycles. The molecule has 1 aromatic heterocycles. The molecule has 18 heavy (non-hydrogen) atoms. The van der Waals surface area contributed by atoms with Gasteiger partial charge in [0.1, 0.15) is 42.9 Å². The molecule has 2 rings (SSSR count). The maximum atomic E-state index is 12.5. The smallest absolute Gasteiger partial charge is 0.158 e. The van der Waals surface area contributed by atoms with Crippen molar-refractivity contribution in [3.8, 4) is 0 Å². The van der Waals surface area contributed by atoms with Crippen molar-refractivity contribution in [1.82, 2.24) is 9.97 Å². The lowest BCUT2D eigenvalue weighted by molar-refractivity contribution is 0.00407. The van der Waals surface area contributed by atoms with E-state index in [1.165, 1.54) is 6.33 Å². The Balaban J connectivity index is 2.13. The van der Waals surface area contributed by atoms with Crippen LogP contribution < -0.4 is 11.1 Å². The molecular formula is C10H15FN4O3. The molecule has 1 saturated heterocycles. The third kappa shape index (κ3) is 2.22. The van der Waals surface area contributed by atoms with E-state index in [9.17, 15) is 14.6 Å². The van der Waals surface area contributed by atoms with E-state index in [4.69, 9.17) is 10.5 Å². The average molecular weight is 258 g/mol. The summed E-state index contributed by atoms with van der Waals surface area (Å²) in [5.41, 5.74) is 6.20. The van der Waals surface area contributed by atoms with Gasteiger partial charge < -0.3 is 26.0 Å². The van der Waals surface area contributed by atoms with Gasteiger partial charge in [-0.2, -0.15) is 0 Å². The zero-order valence-corrected chi connectivity index (χ0v) is 9.75. The molecule has 0 aliphatic carbocycles. The number of aliphatic hydroxyl groups excluding tert-OH is 2. The van der Waals surface area contributed by atoms with E-state index >= 15 is 0 Å². The Bertz CT molecular complexity index is 434. The zero-order chi connectivity index (χ0) is 13.3. The number of aromatic nitrogens is 2. The topological polar surface area (TPSA) is 114 Å². The first kappa shape index (κ1) is 12.9. The van der Waals surface area contributed by atoms with Gasteiger partial charge in [0.05, 0.1) is 0 Å². The summed E-state index contributed by atoms with van der Waals surface area (Å²) < 4.78 is 17.7. The first-order chi connectivity index (χ1) is 8.54. The van der Waals surface area contributed by atoms with E-state index in [1.807, 2.05) is 0 Å². The summed E-state index contributed by atoms with van der Waals surface area (Å²) in [6, 6.07) is 0. The number of halogens is 1. The van der Waals surface area contributed by atoms with Gasteiger partial charge in [-0.05, 0) is 6.92 Å². The van der Waals surface area contributed by atoms with Crippen molar-refractivity contribution in [2.45, 2.75) is 31.5 Å². The van der Waals surface area contributed by atoms with Crippen LogP contribution in [0.15, 0.2) is 6.33 Å².